The fourth-order valence-corrected chi connectivity index (χ4v) is 2.63. The van der Waals surface area contributed by atoms with E-state index < -0.39 is 17.8 Å². The lowest BCUT2D eigenvalue weighted by molar-refractivity contribution is -0.117. The average molecular weight is 380 g/mol. The normalized spacial score (nSPS) is 15.1. The lowest BCUT2D eigenvalue weighted by Crippen LogP contribution is -2.35. The van der Waals surface area contributed by atoms with Crippen LogP contribution in [0.25, 0.3) is 6.08 Å². The molecule has 2 aromatic rings. The lowest BCUT2D eigenvalue weighted by atomic mass is 10.1. The molecule has 1 aliphatic heterocycles. The van der Waals surface area contributed by atoms with Crippen molar-refractivity contribution in [1.82, 2.24) is 5.43 Å². The zero-order chi connectivity index (χ0) is 20.3. The Hall–Kier alpha value is -3.61. The SMILES string of the molecule is COc1ccc(C=C2C(=O)NN(c3ccc(C(=O)OC(C)C)cc3)C2=O)cc1. The molecule has 7 heteroatoms. The molecule has 28 heavy (non-hydrogen) atoms. The first kappa shape index (κ1) is 19.2. The number of carbonyl (C=O) groups excluding carboxylic acids is 3. The van der Waals surface area contributed by atoms with Crippen molar-refractivity contribution in [3.8, 4) is 5.75 Å². The highest BCUT2D eigenvalue weighted by atomic mass is 16.5. The maximum Gasteiger partial charge on any atom is 0.338 e. The van der Waals surface area contributed by atoms with E-state index in [4.69, 9.17) is 9.47 Å². The van der Waals surface area contributed by atoms with Gasteiger partial charge < -0.3 is 9.47 Å². The van der Waals surface area contributed by atoms with Crippen molar-refractivity contribution in [1.29, 1.82) is 0 Å². The van der Waals surface area contributed by atoms with E-state index in [0.717, 1.165) is 5.01 Å². The van der Waals surface area contributed by atoms with Gasteiger partial charge in [-0.1, -0.05) is 12.1 Å². The molecule has 0 atom stereocenters. The van der Waals surface area contributed by atoms with Crippen LogP contribution in [-0.2, 0) is 14.3 Å². The van der Waals surface area contributed by atoms with Gasteiger partial charge in [-0.3, -0.25) is 15.0 Å². The number of anilines is 1. The molecule has 0 aliphatic carbocycles. The van der Waals surface area contributed by atoms with Crippen LogP contribution in [0.4, 0.5) is 5.69 Å². The third-order valence-electron chi connectivity index (χ3n) is 4.02. The number of hydrogen-bond acceptors (Lipinski definition) is 5. The smallest absolute Gasteiger partial charge is 0.338 e. The molecule has 144 valence electrons. The van der Waals surface area contributed by atoms with Crippen molar-refractivity contribution in [2.75, 3.05) is 12.1 Å². The average Bonchev–Trinajstić information content (AvgIpc) is 2.96. The zero-order valence-electron chi connectivity index (χ0n) is 15.8. The maximum atomic E-state index is 12.7. The number of hydrazine groups is 1. The zero-order valence-corrected chi connectivity index (χ0v) is 15.8. The second kappa shape index (κ2) is 7.96. The molecule has 1 saturated heterocycles. The van der Waals surface area contributed by atoms with Crippen LogP contribution in [-0.4, -0.2) is 31.0 Å². The van der Waals surface area contributed by atoms with Crippen LogP contribution < -0.4 is 15.2 Å². The van der Waals surface area contributed by atoms with Gasteiger partial charge in [0.05, 0.1) is 24.5 Å². The summed E-state index contributed by atoms with van der Waals surface area (Å²) in [6, 6.07) is 13.2. The van der Waals surface area contributed by atoms with Gasteiger partial charge in [0.2, 0.25) is 0 Å². The summed E-state index contributed by atoms with van der Waals surface area (Å²) in [5.74, 6) is -0.733. The predicted molar refractivity (Wildman–Crippen MR) is 104 cm³/mol. The van der Waals surface area contributed by atoms with Crippen LogP contribution in [0, 0.1) is 0 Å². The summed E-state index contributed by atoms with van der Waals surface area (Å²) in [5, 5.41) is 1.15. The minimum absolute atomic E-state index is 0.0217. The number of amides is 2. The Bertz CT molecular complexity index is 930. The number of nitrogens with one attached hydrogen (secondary N) is 1. The van der Waals surface area contributed by atoms with Gasteiger partial charge in [-0.25, -0.2) is 9.80 Å². The standard InChI is InChI=1S/C21H20N2O5/c1-13(2)28-21(26)15-6-8-16(9-7-15)23-20(25)18(19(24)22-23)12-14-4-10-17(27-3)11-5-14/h4-13H,1-3H3,(H,22,24). The number of ether oxygens (including phenoxy) is 2. The topological polar surface area (TPSA) is 84.9 Å². The van der Waals surface area contributed by atoms with Gasteiger partial charge in [-0.15, -0.1) is 0 Å². The van der Waals surface area contributed by atoms with Crippen LogP contribution in [0.15, 0.2) is 54.1 Å². The first-order valence-corrected chi connectivity index (χ1v) is 8.71. The molecule has 1 N–H and O–H groups in total. The molecule has 3 rings (SSSR count). The summed E-state index contributed by atoms with van der Waals surface area (Å²) in [6.45, 7) is 3.53. The van der Waals surface area contributed by atoms with E-state index in [2.05, 4.69) is 5.43 Å². The fraction of sp³-hybridized carbons (Fsp3) is 0.190. The van der Waals surface area contributed by atoms with Crippen molar-refractivity contribution in [2.45, 2.75) is 20.0 Å². The van der Waals surface area contributed by atoms with Gasteiger partial charge in [0.15, 0.2) is 0 Å². The number of rotatable bonds is 5. The fourth-order valence-electron chi connectivity index (χ4n) is 2.63. The van der Waals surface area contributed by atoms with Crippen molar-refractivity contribution >= 4 is 29.5 Å². The van der Waals surface area contributed by atoms with E-state index in [0.29, 0.717) is 22.6 Å². The first-order valence-electron chi connectivity index (χ1n) is 8.71. The maximum absolute atomic E-state index is 12.7. The third kappa shape index (κ3) is 4.03. The second-order valence-electron chi connectivity index (χ2n) is 6.41. The van der Waals surface area contributed by atoms with E-state index in [9.17, 15) is 14.4 Å². The van der Waals surface area contributed by atoms with Crippen LogP contribution in [0.5, 0.6) is 5.75 Å². The summed E-state index contributed by atoms with van der Waals surface area (Å²) >= 11 is 0. The van der Waals surface area contributed by atoms with E-state index in [1.807, 2.05) is 0 Å². The number of hydrogen-bond donors (Lipinski definition) is 1. The van der Waals surface area contributed by atoms with E-state index in [1.165, 1.54) is 6.08 Å². The molecule has 0 unspecified atom stereocenters. The first-order chi connectivity index (χ1) is 13.4. The van der Waals surface area contributed by atoms with Gasteiger partial charge in [0.1, 0.15) is 11.3 Å². The van der Waals surface area contributed by atoms with Gasteiger partial charge in [-0.2, -0.15) is 0 Å². The molecule has 1 aliphatic rings. The lowest BCUT2D eigenvalue weighted by Gasteiger charge is -2.15. The van der Waals surface area contributed by atoms with Crippen molar-refractivity contribution in [2.24, 2.45) is 0 Å². The van der Waals surface area contributed by atoms with Gasteiger partial charge in [0.25, 0.3) is 11.8 Å². The van der Waals surface area contributed by atoms with Gasteiger partial charge in [-0.05, 0) is 61.9 Å². The Kier molecular flexibility index (Phi) is 5.44. The summed E-state index contributed by atoms with van der Waals surface area (Å²) < 4.78 is 10.2. The third-order valence-corrected chi connectivity index (χ3v) is 4.02. The summed E-state index contributed by atoms with van der Waals surface area (Å²) in [6.07, 6.45) is 1.29. The molecule has 0 saturated carbocycles. The number of carbonyl (C=O) groups is 3. The Morgan fingerprint density at radius 3 is 2.25 bits per heavy atom. The van der Waals surface area contributed by atoms with Crippen LogP contribution in [0.2, 0.25) is 0 Å². The molecular formula is C21H20N2O5. The van der Waals surface area contributed by atoms with Crippen molar-refractivity contribution in [3.63, 3.8) is 0 Å². The molecule has 2 aromatic carbocycles. The monoisotopic (exact) mass is 380 g/mol. The highest BCUT2D eigenvalue weighted by Gasteiger charge is 2.34. The second-order valence-corrected chi connectivity index (χ2v) is 6.41. The van der Waals surface area contributed by atoms with Crippen molar-refractivity contribution in [3.05, 3.63) is 65.2 Å². The van der Waals surface area contributed by atoms with Crippen LogP contribution in [0.1, 0.15) is 29.8 Å². The van der Waals surface area contributed by atoms with E-state index in [-0.39, 0.29) is 11.7 Å². The highest BCUT2D eigenvalue weighted by molar-refractivity contribution is 6.31. The number of benzene rings is 2. The highest BCUT2D eigenvalue weighted by Crippen LogP contribution is 2.23. The molecule has 0 aromatic heterocycles. The summed E-state index contributed by atoms with van der Waals surface area (Å²) in [4.78, 5) is 36.8. The predicted octanol–water partition coefficient (Wildman–Crippen LogP) is 2.72. The van der Waals surface area contributed by atoms with Crippen LogP contribution in [0.3, 0.4) is 0 Å². The largest absolute Gasteiger partial charge is 0.497 e. The Morgan fingerprint density at radius 2 is 1.68 bits per heavy atom. The van der Waals surface area contributed by atoms with E-state index >= 15 is 0 Å². The molecule has 2 amide bonds. The summed E-state index contributed by atoms with van der Waals surface area (Å²) in [5.41, 5.74) is 4.06. The molecule has 1 heterocycles. The van der Waals surface area contributed by atoms with Crippen molar-refractivity contribution < 1.29 is 23.9 Å². The Balaban J connectivity index is 1.79. The molecule has 0 bridgehead atoms. The Morgan fingerprint density at radius 1 is 1.04 bits per heavy atom. The molecule has 0 spiro atoms. The molecule has 1 fully saturated rings. The molecule has 0 radical (unpaired) electrons. The Labute approximate surface area is 162 Å². The molecular weight excluding hydrogens is 360 g/mol. The minimum atomic E-state index is -0.496. The van der Waals surface area contributed by atoms with Gasteiger partial charge in [0, 0.05) is 0 Å². The molecule has 7 nitrogen and oxygen atoms in total. The minimum Gasteiger partial charge on any atom is -0.497 e. The number of methoxy groups -OCH3 is 1. The quantitative estimate of drug-likeness (QED) is 0.490. The van der Waals surface area contributed by atoms with Gasteiger partial charge >= 0.3 is 5.97 Å². The number of esters is 1. The van der Waals surface area contributed by atoms with E-state index in [1.54, 1.807) is 69.5 Å². The number of nitrogens with zero attached hydrogens (tertiary/aromatic N) is 1. The van der Waals surface area contributed by atoms with Crippen LogP contribution >= 0.6 is 0 Å². The summed E-state index contributed by atoms with van der Waals surface area (Å²) in [7, 11) is 1.56.